The quantitative estimate of drug-likeness (QED) is 0.0229. The van der Waals surface area contributed by atoms with Gasteiger partial charge in [0.15, 0.2) is 8.67 Å². The van der Waals surface area contributed by atoms with Gasteiger partial charge in [0.25, 0.3) is 23.2 Å². The van der Waals surface area contributed by atoms with Crippen LogP contribution in [0.4, 0.5) is 52.5 Å². The second kappa shape index (κ2) is 33.2. The molecule has 0 unspecified atom stereocenters. The average Bonchev–Trinajstić information content (AvgIpc) is 1.84. The topological polar surface area (TPSA) is 348 Å². The van der Waals surface area contributed by atoms with Crippen LogP contribution in [0.5, 0.6) is 0 Å². The molecule has 28 nitrogen and oxygen atoms in total. The molecule has 6 amide bonds. The summed E-state index contributed by atoms with van der Waals surface area (Å²) in [6.45, 7) is 8.97. The minimum Gasteiger partial charge on any atom is -0.442 e. The first-order chi connectivity index (χ1) is 42.9. The predicted octanol–water partition coefficient (Wildman–Crippen LogP) is 5.55. The lowest BCUT2D eigenvalue weighted by Crippen LogP contribution is -2.48. The normalized spacial score (nSPS) is 18.0. The van der Waals surface area contributed by atoms with Crippen LogP contribution >= 0.6 is 46.4 Å². The molecule has 34 heteroatoms. The number of aliphatic hydroxyl groups excluding tert-OH is 3. The van der Waals surface area contributed by atoms with Gasteiger partial charge in [-0.05, 0) is 85.6 Å². The number of aliphatic hydroxyl groups is 3. The van der Waals surface area contributed by atoms with Gasteiger partial charge in [-0.3, -0.25) is 49.2 Å². The van der Waals surface area contributed by atoms with Crippen molar-refractivity contribution in [1.29, 1.82) is 0 Å². The molecule has 496 valence electrons. The third-order valence-electron chi connectivity index (χ3n) is 14.2. The number of benzene rings is 4. The van der Waals surface area contributed by atoms with Crippen LogP contribution in [-0.2, 0) is 42.9 Å². The lowest BCUT2D eigenvalue weighted by atomic mass is 10.0. The first-order valence-electron chi connectivity index (χ1n) is 28.1. The maximum atomic E-state index is 15.0. The molecule has 4 saturated heterocycles. The molecule has 6 N–H and O–H groups in total. The van der Waals surface area contributed by atoms with Gasteiger partial charge in [-0.15, -0.1) is 0 Å². The Morgan fingerprint density at radius 1 is 0.681 bits per heavy atom. The molecule has 0 bridgehead atoms. The van der Waals surface area contributed by atoms with Crippen LogP contribution in [0.15, 0.2) is 84.9 Å². The van der Waals surface area contributed by atoms with Gasteiger partial charge in [0, 0.05) is 64.3 Å². The Labute approximate surface area is 540 Å². The Kier molecular flexibility index (Phi) is 26.4. The third kappa shape index (κ3) is 21.0. The van der Waals surface area contributed by atoms with E-state index in [9.17, 15) is 73.1 Å². The van der Waals surface area contributed by atoms with Crippen LogP contribution in [-0.4, -0.2) is 198 Å². The van der Waals surface area contributed by atoms with E-state index >= 15 is 0 Å². The van der Waals surface area contributed by atoms with Gasteiger partial charge >= 0.3 is 12.2 Å². The van der Waals surface area contributed by atoms with Gasteiger partial charge in [0.2, 0.25) is 11.8 Å². The van der Waals surface area contributed by atoms with Crippen molar-refractivity contribution in [3.05, 3.63) is 128 Å². The maximum absolute atomic E-state index is 15.0. The number of nitro groups is 2. The highest BCUT2D eigenvalue weighted by atomic mass is 35.5. The fraction of sp³-hybridized carbons (Fsp3) is 0.474. The smallest absolute Gasteiger partial charge is 0.414 e. The highest BCUT2D eigenvalue weighted by Crippen LogP contribution is 2.32. The zero-order valence-electron chi connectivity index (χ0n) is 49.5. The molecule has 4 aromatic carbocycles. The molecule has 0 spiro atoms. The first kappa shape index (κ1) is 72.5. The number of amides is 6. The fourth-order valence-corrected chi connectivity index (χ4v) is 9.48. The Morgan fingerprint density at radius 2 is 1.09 bits per heavy atom. The van der Waals surface area contributed by atoms with Crippen molar-refractivity contribution in [2.24, 2.45) is 0 Å². The van der Waals surface area contributed by atoms with Gasteiger partial charge in [0.1, 0.15) is 42.8 Å². The number of carbonyl (C=O) groups is 6. The number of morpholine rings is 2. The minimum atomic E-state index is -1.84. The highest BCUT2D eigenvalue weighted by Gasteiger charge is 2.38. The molecular formula is C57H68Cl4F2N10O18. The number of hydrogen-bond acceptors (Lipinski definition) is 20. The summed E-state index contributed by atoms with van der Waals surface area (Å²) in [4.78, 5) is 100. The van der Waals surface area contributed by atoms with E-state index in [-0.39, 0.29) is 68.2 Å². The van der Waals surface area contributed by atoms with Gasteiger partial charge in [0.05, 0.1) is 111 Å². The molecule has 0 saturated carbocycles. The monoisotopic (exact) mass is 1360 g/mol. The molecular weight excluding hydrogens is 1290 g/mol. The number of nitro benzene ring substituents is 2. The van der Waals surface area contributed by atoms with E-state index in [4.69, 9.17) is 70.1 Å². The Balaban J connectivity index is 0.000000244. The van der Waals surface area contributed by atoms with Crippen molar-refractivity contribution in [3.8, 4) is 0 Å². The van der Waals surface area contributed by atoms with Gasteiger partial charge < -0.3 is 69.7 Å². The number of cyclic esters (lactones) is 2. The standard InChI is InChI=1S/C29H34Cl2FN5O9.C16H20FN3O4.C12H14Cl2N2O5/c1-18(38)35(14-22-15-36(28(41)46-22)21-7-8-25(23(32)13-21)34-9-11-44-12-10-34)17-45-16-24(33-27(40)29(2,30)31)26(39)19-3-5-20(6-4-19)37(42)43;1-11(21)18-9-13-10-20(16(22)24-13)12-2-3-15(14(17)8-12)19-4-6-23-7-5-19;1-12(13,14)11(19)15-9(6-17)10(18)7-2-4-8(5-3-7)16(20)21/h3-8,13,22,24,26,39H,9-12,14-17H2,1-2H3,(H,33,40);2-3,8,13H,4-7,9-10H2,1H3,(H,18,21);2-5,9-10,17-18H,6H2,1H3,(H,15,19)/t22-,24+,26+;13-;9-,10-/m001/s1. The first-order valence-corrected chi connectivity index (χ1v) is 29.6. The summed E-state index contributed by atoms with van der Waals surface area (Å²) in [7, 11) is 0. The molecule has 4 aromatic rings. The zero-order valence-corrected chi connectivity index (χ0v) is 52.5. The predicted molar refractivity (Wildman–Crippen MR) is 328 cm³/mol. The van der Waals surface area contributed by atoms with Crippen molar-refractivity contribution in [2.45, 2.75) is 72.9 Å². The summed E-state index contributed by atoms with van der Waals surface area (Å²) >= 11 is 23.0. The number of halogens is 6. The van der Waals surface area contributed by atoms with Crippen LogP contribution in [0.2, 0.25) is 0 Å². The summed E-state index contributed by atoms with van der Waals surface area (Å²) in [5, 5.41) is 59.3. The number of carbonyl (C=O) groups excluding carboxylic acids is 6. The molecule has 0 aromatic heterocycles. The number of anilines is 4. The van der Waals surface area contributed by atoms with Crippen molar-refractivity contribution in [2.75, 3.05) is 118 Å². The zero-order chi connectivity index (χ0) is 66.9. The fourth-order valence-electron chi connectivity index (χ4n) is 9.26. The maximum Gasteiger partial charge on any atom is 0.414 e. The summed E-state index contributed by atoms with van der Waals surface area (Å²) in [6.07, 6.45) is -5.11. The lowest BCUT2D eigenvalue weighted by molar-refractivity contribution is -0.385. The summed E-state index contributed by atoms with van der Waals surface area (Å²) in [5.41, 5.74) is 1.86. The summed E-state index contributed by atoms with van der Waals surface area (Å²) in [6, 6.07) is 17.2. The number of ether oxygens (including phenoxy) is 5. The van der Waals surface area contributed by atoms with Crippen molar-refractivity contribution in [1.82, 2.24) is 20.9 Å². The largest absolute Gasteiger partial charge is 0.442 e. The number of non-ortho nitro benzene ring substituents is 2. The number of rotatable bonds is 23. The SMILES string of the molecule is CC(=O)N(COC[C@@H](NC(=O)C(C)(Cl)Cl)[C@H](O)c1ccc([N+](=O)[O-])cc1)C[C@H]1CN(c2ccc(N3CCOCC3)c(F)c2)C(=O)O1.CC(=O)NC[C@H]1CN(c2ccc(N3CCOCC3)c(F)c2)C(=O)O1.CC(Cl)(Cl)C(=O)N[C@H](CO)[C@H](O)c1ccc([N+](=O)[O-])cc1. The van der Waals surface area contributed by atoms with Crippen LogP contribution in [0.3, 0.4) is 0 Å². The van der Waals surface area contributed by atoms with Crippen molar-refractivity contribution >= 4 is 116 Å². The third-order valence-corrected chi connectivity index (χ3v) is 14.9. The van der Waals surface area contributed by atoms with Crippen LogP contribution in [0, 0.1) is 31.9 Å². The molecule has 8 rings (SSSR count). The Morgan fingerprint density at radius 3 is 1.47 bits per heavy atom. The van der Waals surface area contributed by atoms with E-state index in [1.165, 1.54) is 103 Å². The van der Waals surface area contributed by atoms with Crippen LogP contribution in [0.1, 0.15) is 51.0 Å². The van der Waals surface area contributed by atoms with Gasteiger partial charge in [-0.25, -0.2) is 18.4 Å². The van der Waals surface area contributed by atoms with E-state index < -0.39 is 97.3 Å². The second-order valence-corrected chi connectivity index (χ2v) is 24.5. The molecule has 4 heterocycles. The number of nitrogens with zero attached hydrogens (tertiary/aromatic N) is 7. The molecule has 4 aliphatic heterocycles. The number of hydrogen-bond donors (Lipinski definition) is 6. The highest BCUT2D eigenvalue weighted by molar-refractivity contribution is 6.58. The van der Waals surface area contributed by atoms with E-state index in [0.29, 0.717) is 80.9 Å². The van der Waals surface area contributed by atoms with Crippen LogP contribution in [0.25, 0.3) is 0 Å². The molecule has 6 atom stereocenters. The molecule has 4 aliphatic rings. The minimum absolute atomic E-state index is 0.0422. The Bertz CT molecular complexity index is 3200. The number of nitrogens with one attached hydrogen (secondary N) is 3. The number of alkyl halides is 4. The van der Waals surface area contributed by atoms with Gasteiger partial charge in [-0.2, -0.15) is 0 Å². The van der Waals surface area contributed by atoms with Crippen molar-refractivity contribution < 1.29 is 86.4 Å². The average molecular weight is 1360 g/mol. The summed E-state index contributed by atoms with van der Waals surface area (Å²) < 4.78 is 52.8. The molecule has 0 aliphatic carbocycles. The van der Waals surface area contributed by atoms with E-state index in [1.54, 1.807) is 24.3 Å². The van der Waals surface area contributed by atoms with Crippen LogP contribution < -0.4 is 35.6 Å². The van der Waals surface area contributed by atoms with E-state index in [0.717, 1.165) is 0 Å². The van der Waals surface area contributed by atoms with Crippen molar-refractivity contribution in [3.63, 3.8) is 0 Å². The van der Waals surface area contributed by atoms with E-state index in [2.05, 4.69) is 16.0 Å². The van der Waals surface area contributed by atoms with E-state index in [1.807, 2.05) is 9.80 Å². The molecule has 91 heavy (non-hydrogen) atoms. The summed E-state index contributed by atoms with van der Waals surface area (Å²) in [5.74, 6) is -3.08. The lowest BCUT2D eigenvalue weighted by Gasteiger charge is -2.29. The molecule has 0 radical (unpaired) electrons. The molecule has 4 fully saturated rings. The second-order valence-electron chi connectivity index (χ2n) is 21.1. The van der Waals surface area contributed by atoms with Gasteiger partial charge in [-0.1, -0.05) is 46.4 Å². The Hall–Kier alpha value is -7.52.